The number of halogens is 6. The van der Waals surface area contributed by atoms with Crippen molar-refractivity contribution in [3.05, 3.63) is 89.4 Å². The molecule has 2 aromatic carbocycles. The van der Waals surface area contributed by atoms with Crippen LogP contribution in [0.15, 0.2) is 65.2 Å². The zero-order valence-corrected chi connectivity index (χ0v) is 19.9. The SMILES string of the molecule is CCn1ccc(C)n1.Cc1nc(C(=O)Nc2ccc(-c3ccccc3C(F)(F)F)cc2)c(C(F)(F)F)o1. The molecular weight excluding hydrogens is 502 g/mol. The van der Waals surface area contributed by atoms with E-state index in [4.69, 9.17) is 0 Å². The van der Waals surface area contributed by atoms with Gasteiger partial charge in [-0.3, -0.25) is 9.48 Å². The van der Waals surface area contributed by atoms with Crippen LogP contribution < -0.4 is 5.32 Å². The molecule has 4 rings (SSSR count). The summed E-state index contributed by atoms with van der Waals surface area (Å²) in [7, 11) is 0. The Hall–Kier alpha value is -4.09. The van der Waals surface area contributed by atoms with Gasteiger partial charge in [-0.25, -0.2) is 4.98 Å². The molecule has 12 heteroatoms. The fourth-order valence-corrected chi connectivity index (χ4v) is 3.32. The summed E-state index contributed by atoms with van der Waals surface area (Å²) in [6.45, 7) is 6.20. The fourth-order valence-electron chi connectivity index (χ4n) is 3.32. The maximum absolute atomic E-state index is 13.1. The lowest BCUT2D eigenvalue weighted by Gasteiger charge is -2.13. The normalized spacial score (nSPS) is 11.6. The van der Waals surface area contributed by atoms with Crippen molar-refractivity contribution in [2.24, 2.45) is 0 Å². The molecule has 0 aliphatic rings. The first-order valence-corrected chi connectivity index (χ1v) is 10.9. The number of hydrogen-bond donors (Lipinski definition) is 1. The number of carbonyl (C=O) groups excluding carboxylic acids is 1. The van der Waals surface area contributed by atoms with Gasteiger partial charge in [0.1, 0.15) is 0 Å². The predicted molar refractivity (Wildman–Crippen MR) is 124 cm³/mol. The third-order valence-electron chi connectivity index (χ3n) is 4.99. The lowest BCUT2D eigenvalue weighted by Crippen LogP contribution is -2.18. The lowest BCUT2D eigenvalue weighted by atomic mass is 9.99. The Bertz CT molecular complexity index is 1350. The van der Waals surface area contributed by atoms with E-state index in [0.29, 0.717) is 0 Å². The number of amides is 1. The summed E-state index contributed by atoms with van der Waals surface area (Å²) in [6.07, 6.45) is -7.48. The molecule has 1 N–H and O–H groups in total. The van der Waals surface area contributed by atoms with Crippen molar-refractivity contribution < 1.29 is 35.6 Å². The van der Waals surface area contributed by atoms with Gasteiger partial charge in [-0.2, -0.15) is 31.4 Å². The minimum Gasteiger partial charge on any atom is -0.436 e. The second kappa shape index (κ2) is 10.9. The third kappa shape index (κ3) is 6.99. The lowest BCUT2D eigenvalue weighted by molar-refractivity contribution is -0.153. The molecule has 2 heterocycles. The van der Waals surface area contributed by atoms with E-state index < -0.39 is 35.3 Å². The Morgan fingerprint density at radius 1 is 0.946 bits per heavy atom. The number of aromatic nitrogens is 3. The average Bonchev–Trinajstić information content (AvgIpc) is 3.45. The molecule has 0 saturated carbocycles. The number of nitrogens with one attached hydrogen (secondary N) is 1. The first-order chi connectivity index (χ1) is 17.3. The van der Waals surface area contributed by atoms with E-state index in [1.807, 2.05) is 23.9 Å². The fraction of sp³-hybridized carbons (Fsp3) is 0.240. The number of oxazole rings is 1. The van der Waals surface area contributed by atoms with Gasteiger partial charge in [0.05, 0.1) is 11.3 Å². The molecule has 0 radical (unpaired) electrons. The highest BCUT2D eigenvalue weighted by atomic mass is 19.4. The van der Waals surface area contributed by atoms with E-state index in [2.05, 4.69) is 26.7 Å². The molecule has 0 fully saturated rings. The third-order valence-corrected chi connectivity index (χ3v) is 4.99. The topological polar surface area (TPSA) is 73.0 Å². The Labute approximate surface area is 207 Å². The van der Waals surface area contributed by atoms with Gasteiger partial charge in [-0.1, -0.05) is 30.3 Å². The number of carbonyl (C=O) groups is 1. The largest absolute Gasteiger partial charge is 0.452 e. The minimum absolute atomic E-state index is 0.0654. The monoisotopic (exact) mass is 524 g/mol. The molecule has 196 valence electrons. The number of hydrogen-bond acceptors (Lipinski definition) is 4. The number of rotatable bonds is 4. The second-order valence-electron chi connectivity index (χ2n) is 7.80. The zero-order valence-electron chi connectivity index (χ0n) is 19.9. The van der Waals surface area contributed by atoms with Crippen LogP contribution in [-0.2, 0) is 18.9 Å². The minimum atomic E-state index is -4.90. The van der Waals surface area contributed by atoms with Crippen LogP contribution in [0.2, 0.25) is 0 Å². The summed E-state index contributed by atoms with van der Waals surface area (Å²) in [6, 6.07) is 12.1. The zero-order chi connectivity index (χ0) is 27.4. The second-order valence-corrected chi connectivity index (χ2v) is 7.80. The first-order valence-electron chi connectivity index (χ1n) is 10.9. The van der Waals surface area contributed by atoms with Crippen LogP contribution in [0.5, 0.6) is 0 Å². The molecule has 1 amide bonds. The maximum atomic E-state index is 13.1. The van der Waals surface area contributed by atoms with E-state index >= 15 is 0 Å². The molecule has 0 unspecified atom stereocenters. The van der Waals surface area contributed by atoms with Gasteiger partial charge in [0.25, 0.3) is 5.91 Å². The molecule has 0 saturated heterocycles. The van der Waals surface area contributed by atoms with Crippen LogP contribution in [-0.4, -0.2) is 20.7 Å². The molecule has 0 aliphatic heterocycles. The van der Waals surface area contributed by atoms with Crippen LogP contribution in [0.3, 0.4) is 0 Å². The van der Waals surface area contributed by atoms with Crippen LogP contribution in [0.1, 0.15) is 40.3 Å². The Morgan fingerprint density at radius 2 is 1.59 bits per heavy atom. The quantitative estimate of drug-likeness (QED) is 0.288. The van der Waals surface area contributed by atoms with Gasteiger partial charge in [0, 0.05) is 25.4 Å². The summed E-state index contributed by atoms with van der Waals surface area (Å²) in [4.78, 5) is 15.6. The number of benzene rings is 2. The average molecular weight is 524 g/mol. The van der Waals surface area contributed by atoms with Crippen molar-refractivity contribution in [1.82, 2.24) is 14.8 Å². The number of anilines is 1. The van der Waals surface area contributed by atoms with Crippen molar-refractivity contribution in [2.45, 2.75) is 39.7 Å². The standard InChI is InChI=1S/C19H12F6N2O2.C6H10N2/c1-10-26-15(16(29-10)19(23,24)25)17(28)27-12-8-6-11(7-9-12)13-4-2-3-5-14(13)18(20,21)22;1-3-8-5-4-6(2)7-8/h2-9H,1H3,(H,27,28);4-5H,3H2,1-2H3. The summed E-state index contributed by atoms with van der Waals surface area (Å²) < 4.78 is 84.6. The van der Waals surface area contributed by atoms with Crippen LogP contribution in [0.4, 0.5) is 32.0 Å². The smallest absolute Gasteiger partial charge is 0.436 e. The first kappa shape index (κ1) is 27.5. The number of nitrogens with zero attached hydrogens (tertiary/aromatic N) is 3. The van der Waals surface area contributed by atoms with Gasteiger partial charge in [-0.05, 0) is 49.2 Å². The molecule has 0 aliphatic carbocycles. The molecule has 0 spiro atoms. The van der Waals surface area contributed by atoms with Crippen molar-refractivity contribution in [3.8, 4) is 11.1 Å². The Balaban J connectivity index is 0.000000405. The molecule has 4 aromatic rings. The molecular formula is C25H22F6N4O2. The van der Waals surface area contributed by atoms with Crippen LogP contribution >= 0.6 is 0 Å². The Morgan fingerprint density at radius 3 is 2.11 bits per heavy atom. The van der Waals surface area contributed by atoms with E-state index in [-0.39, 0.29) is 22.7 Å². The maximum Gasteiger partial charge on any atom is 0.452 e. The van der Waals surface area contributed by atoms with E-state index in [1.165, 1.54) is 49.4 Å². The van der Waals surface area contributed by atoms with Crippen LogP contribution in [0, 0.1) is 13.8 Å². The molecule has 6 nitrogen and oxygen atoms in total. The number of alkyl halides is 6. The summed E-state index contributed by atoms with van der Waals surface area (Å²) >= 11 is 0. The molecule has 2 aromatic heterocycles. The highest BCUT2D eigenvalue weighted by Crippen LogP contribution is 2.37. The highest BCUT2D eigenvalue weighted by Gasteiger charge is 2.41. The van der Waals surface area contributed by atoms with Crippen molar-refractivity contribution >= 4 is 11.6 Å². The summed E-state index contributed by atoms with van der Waals surface area (Å²) in [5.74, 6) is -3.01. The number of aryl methyl sites for hydroxylation is 3. The Kier molecular flexibility index (Phi) is 8.09. The molecule has 0 atom stereocenters. The van der Waals surface area contributed by atoms with E-state index in [1.54, 1.807) is 0 Å². The van der Waals surface area contributed by atoms with Crippen molar-refractivity contribution in [1.29, 1.82) is 0 Å². The van der Waals surface area contributed by atoms with E-state index in [0.717, 1.165) is 18.3 Å². The van der Waals surface area contributed by atoms with Crippen molar-refractivity contribution in [3.63, 3.8) is 0 Å². The highest BCUT2D eigenvalue weighted by molar-refractivity contribution is 6.03. The molecule has 37 heavy (non-hydrogen) atoms. The summed E-state index contributed by atoms with van der Waals surface area (Å²) in [5.41, 5.74) is -0.427. The van der Waals surface area contributed by atoms with Crippen LogP contribution in [0.25, 0.3) is 11.1 Å². The van der Waals surface area contributed by atoms with Gasteiger partial charge in [0.15, 0.2) is 11.6 Å². The van der Waals surface area contributed by atoms with Gasteiger partial charge >= 0.3 is 12.4 Å². The van der Waals surface area contributed by atoms with Gasteiger partial charge < -0.3 is 9.73 Å². The predicted octanol–water partition coefficient (Wildman–Crippen LogP) is 7.15. The van der Waals surface area contributed by atoms with Crippen molar-refractivity contribution in [2.75, 3.05) is 5.32 Å². The van der Waals surface area contributed by atoms with Gasteiger partial charge in [0.2, 0.25) is 5.76 Å². The van der Waals surface area contributed by atoms with E-state index in [9.17, 15) is 31.1 Å². The summed E-state index contributed by atoms with van der Waals surface area (Å²) in [5, 5.41) is 6.37. The van der Waals surface area contributed by atoms with Gasteiger partial charge in [-0.15, -0.1) is 0 Å². The molecule has 0 bridgehead atoms.